The van der Waals surface area contributed by atoms with E-state index in [9.17, 15) is 49.1 Å². The molecule has 13 heteroatoms. The largest absolute Gasteiger partial charge is 0.449 e. The summed E-state index contributed by atoms with van der Waals surface area (Å²) in [6, 6.07) is 1.68. The monoisotopic (exact) mass is 541 g/mol. The van der Waals surface area contributed by atoms with Crippen molar-refractivity contribution >= 4 is 17.6 Å². The highest BCUT2D eigenvalue weighted by molar-refractivity contribution is 6.04. The number of anilines is 1. The van der Waals surface area contributed by atoms with Gasteiger partial charge in [-0.2, -0.15) is 39.5 Å². The number of hydrogen-bond donors (Lipinski definition) is 0. The highest BCUT2D eigenvalue weighted by Gasteiger charge is 2.43. The quantitative estimate of drug-likeness (QED) is 0.293. The van der Waals surface area contributed by atoms with Gasteiger partial charge in [-0.05, 0) is 61.7 Å². The van der Waals surface area contributed by atoms with E-state index in [1.54, 1.807) is 6.92 Å². The minimum absolute atomic E-state index is 0.0749. The Morgan fingerprint density at radius 3 is 1.84 bits per heavy atom. The van der Waals surface area contributed by atoms with Crippen molar-refractivity contribution in [2.45, 2.75) is 57.2 Å². The highest BCUT2D eigenvalue weighted by atomic mass is 19.4. The van der Waals surface area contributed by atoms with Crippen LogP contribution < -0.4 is 4.90 Å². The van der Waals surface area contributed by atoms with E-state index in [1.807, 2.05) is 0 Å². The Labute approximate surface area is 205 Å². The predicted octanol–water partition coefficient (Wildman–Crippen LogP) is 7.85. The van der Waals surface area contributed by atoms with Crippen LogP contribution in [-0.2, 0) is 23.3 Å². The number of benzene rings is 2. The van der Waals surface area contributed by atoms with E-state index in [1.165, 1.54) is 6.92 Å². The first-order chi connectivity index (χ1) is 17.0. The molecule has 1 aliphatic rings. The third-order valence-electron chi connectivity index (χ3n) is 5.99. The van der Waals surface area contributed by atoms with Crippen LogP contribution in [0, 0.1) is 0 Å². The number of fused-ring (bicyclic) bond motifs is 1. The van der Waals surface area contributed by atoms with Crippen molar-refractivity contribution in [3.8, 4) is 0 Å². The molecular formula is C24H20F9NO3. The molecule has 2 aromatic carbocycles. The van der Waals surface area contributed by atoms with Crippen LogP contribution in [0.25, 0.3) is 0 Å². The van der Waals surface area contributed by atoms with E-state index >= 15 is 0 Å². The smallest absolute Gasteiger partial charge is 0.416 e. The number of rotatable bonds is 4. The van der Waals surface area contributed by atoms with Gasteiger partial charge in [-0.15, -0.1) is 0 Å². The van der Waals surface area contributed by atoms with Crippen molar-refractivity contribution in [2.75, 3.05) is 11.5 Å². The lowest BCUT2D eigenvalue weighted by atomic mass is 9.79. The van der Waals surface area contributed by atoms with Gasteiger partial charge in [0, 0.05) is 11.6 Å². The Kier molecular flexibility index (Phi) is 7.58. The number of halogens is 9. The molecule has 1 heterocycles. The van der Waals surface area contributed by atoms with Crippen LogP contribution in [0.5, 0.6) is 0 Å². The molecular weight excluding hydrogens is 521 g/mol. The number of amides is 1. The molecule has 0 aliphatic carbocycles. The number of ketones is 1. The van der Waals surface area contributed by atoms with Gasteiger partial charge >= 0.3 is 24.6 Å². The van der Waals surface area contributed by atoms with Crippen molar-refractivity contribution in [3.05, 3.63) is 64.2 Å². The Bertz CT molecular complexity index is 1150. The van der Waals surface area contributed by atoms with E-state index in [2.05, 4.69) is 0 Å². The lowest BCUT2D eigenvalue weighted by Gasteiger charge is -2.39. The number of carbonyl (C=O) groups excluding carboxylic acids is 2. The molecule has 2 atom stereocenters. The highest BCUT2D eigenvalue weighted by Crippen LogP contribution is 2.45. The van der Waals surface area contributed by atoms with Crippen LogP contribution in [0.4, 0.5) is 50.0 Å². The minimum atomic E-state index is -5.23. The summed E-state index contributed by atoms with van der Waals surface area (Å²) >= 11 is 0. The second-order valence-corrected chi connectivity index (χ2v) is 8.35. The molecule has 37 heavy (non-hydrogen) atoms. The van der Waals surface area contributed by atoms with Crippen LogP contribution >= 0.6 is 0 Å². The molecule has 0 fully saturated rings. The number of nitrogens with zero attached hydrogens (tertiary/aromatic N) is 1. The number of hydrogen-bond acceptors (Lipinski definition) is 3. The molecule has 1 aliphatic heterocycles. The Morgan fingerprint density at radius 1 is 0.838 bits per heavy atom. The van der Waals surface area contributed by atoms with Gasteiger partial charge in [0.15, 0.2) is 5.78 Å². The van der Waals surface area contributed by atoms with Gasteiger partial charge in [-0.3, -0.25) is 9.69 Å². The van der Waals surface area contributed by atoms with Gasteiger partial charge in [0.2, 0.25) is 0 Å². The Morgan fingerprint density at radius 2 is 1.38 bits per heavy atom. The van der Waals surface area contributed by atoms with Crippen molar-refractivity contribution in [2.24, 2.45) is 0 Å². The fourth-order valence-electron chi connectivity index (χ4n) is 4.27. The molecule has 3 rings (SSSR count). The first-order valence-corrected chi connectivity index (χ1v) is 11.0. The second kappa shape index (κ2) is 9.90. The predicted molar refractivity (Wildman–Crippen MR) is 113 cm³/mol. The van der Waals surface area contributed by atoms with Gasteiger partial charge in [0.05, 0.1) is 34.9 Å². The van der Waals surface area contributed by atoms with E-state index in [4.69, 9.17) is 4.74 Å². The molecule has 0 spiro atoms. The topological polar surface area (TPSA) is 46.6 Å². The number of carbonyl (C=O) groups is 2. The zero-order chi connectivity index (χ0) is 27.9. The van der Waals surface area contributed by atoms with Gasteiger partial charge in [0.1, 0.15) is 0 Å². The van der Waals surface area contributed by atoms with Gasteiger partial charge < -0.3 is 4.74 Å². The van der Waals surface area contributed by atoms with Crippen LogP contribution in [0.3, 0.4) is 0 Å². The molecule has 1 amide bonds. The molecule has 2 aromatic rings. The molecule has 0 saturated carbocycles. The number of ether oxygens (including phenoxy) is 1. The molecule has 0 saturated heterocycles. The zero-order valence-electron chi connectivity index (χ0n) is 19.3. The number of Topliss-reactive ketones (excluding diaryl/α,β-unsaturated/α-hetero) is 1. The summed E-state index contributed by atoms with van der Waals surface area (Å²) in [5, 5.41) is 0. The summed E-state index contributed by atoms with van der Waals surface area (Å²) in [5.41, 5.74) is -6.14. The van der Waals surface area contributed by atoms with E-state index in [0.29, 0.717) is 12.1 Å². The maximum Gasteiger partial charge on any atom is 0.416 e. The SMILES string of the molecule is CCOC(=O)N1c2ccc(C(F)(F)F)cc2[C@H](C(=O)c2cc(C(F)(F)F)cc(C(F)(F)F)c2)C[C@@H]1CC. The lowest BCUT2D eigenvalue weighted by Crippen LogP contribution is -2.46. The summed E-state index contributed by atoms with van der Waals surface area (Å²) < 4.78 is 125. The van der Waals surface area contributed by atoms with Crippen molar-refractivity contribution in [1.82, 2.24) is 0 Å². The molecule has 0 radical (unpaired) electrons. The molecule has 0 N–H and O–H groups in total. The molecule has 0 aromatic heterocycles. The minimum Gasteiger partial charge on any atom is -0.449 e. The van der Waals surface area contributed by atoms with Crippen molar-refractivity contribution < 1.29 is 53.8 Å². The zero-order valence-corrected chi connectivity index (χ0v) is 19.3. The second-order valence-electron chi connectivity index (χ2n) is 8.35. The first kappa shape index (κ1) is 28.3. The maximum atomic E-state index is 13.5. The molecule has 202 valence electrons. The summed E-state index contributed by atoms with van der Waals surface area (Å²) in [6.07, 6.45) is -16.4. The molecule has 0 unspecified atom stereocenters. The summed E-state index contributed by atoms with van der Waals surface area (Å²) in [7, 11) is 0. The fraction of sp³-hybridized carbons (Fsp3) is 0.417. The van der Waals surface area contributed by atoms with E-state index in [-0.39, 0.29) is 48.9 Å². The van der Waals surface area contributed by atoms with Crippen LogP contribution in [0.2, 0.25) is 0 Å². The van der Waals surface area contributed by atoms with Crippen molar-refractivity contribution in [3.63, 3.8) is 0 Å². The number of alkyl halides is 9. The average molecular weight is 541 g/mol. The summed E-state index contributed by atoms with van der Waals surface area (Å²) in [4.78, 5) is 27.1. The van der Waals surface area contributed by atoms with E-state index < -0.39 is 64.6 Å². The maximum absolute atomic E-state index is 13.5. The standard InChI is InChI=1S/C24H20F9NO3/c1-3-16-11-18(20(35)12-7-14(23(28,29)30)9-15(8-12)24(31,32)33)17-10-13(22(25,26)27)5-6-19(17)34(16)21(36)37-4-2/h5-10,16,18H,3-4,11H2,1-2H3/t16-,18+/m0/s1. The Balaban J connectivity index is 2.23. The Hall–Kier alpha value is -3.25. The summed E-state index contributed by atoms with van der Waals surface area (Å²) in [5.74, 6) is -2.79. The van der Waals surface area contributed by atoms with Crippen molar-refractivity contribution in [1.29, 1.82) is 0 Å². The van der Waals surface area contributed by atoms with Crippen LogP contribution in [0.1, 0.15) is 65.2 Å². The van der Waals surface area contributed by atoms with Gasteiger partial charge in [-0.25, -0.2) is 4.79 Å². The fourth-order valence-corrected chi connectivity index (χ4v) is 4.27. The molecule has 4 nitrogen and oxygen atoms in total. The van der Waals surface area contributed by atoms with Crippen LogP contribution in [-0.4, -0.2) is 24.5 Å². The van der Waals surface area contributed by atoms with Gasteiger partial charge in [0.25, 0.3) is 0 Å². The van der Waals surface area contributed by atoms with Crippen LogP contribution in [0.15, 0.2) is 36.4 Å². The third-order valence-corrected chi connectivity index (χ3v) is 5.99. The third kappa shape index (κ3) is 5.85. The normalized spacial score (nSPS) is 18.4. The average Bonchev–Trinajstić information content (AvgIpc) is 2.80. The molecule has 0 bridgehead atoms. The summed E-state index contributed by atoms with van der Waals surface area (Å²) in [6.45, 7) is 3.02. The first-order valence-electron chi connectivity index (χ1n) is 11.0. The van der Waals surface area contributed by atoms with E-state index in [0.717, 1.165) is 11.0 Å². The lowest BCUT2D eigenvalue weighted by molar-refractivity contribution is -0.143. The van der Waals surface area contributed by atoms with Gasteiger partial charge in [-0.1, -0.05) is 6.92 Å².